The molecular formula is C58H85NO14Si2. The molecule has 1 unspecified atom stereocenters. The van der Waals surface area contributed by atoms with Crippen molar-refractivity contribution in [2.24, 2.45) is 16.7 Å². The van der Waals surface area contributed by atoms with Gasteiger partial charge in [-0.25, -0.2) is 9.59 Å². The fourth-order valence-electron chi connectivity index (χ4n) is 12.2. The van der Waals surface area contributed by atoms with E-state index in [0.717, 1.165) is 12.8 Å². The van der Waals surface area contributed by atoms with Gasteiger partial charge in [-0.15, -0.1) is 0 Å². The topological polar surface area (TPSA) is 199 Å². The first-order valence-electron chi connectivity index (χ1n) is 27.2. The third-order valence-corrected chi connectivity index (χ3v) is 27.1. The van der Waals surface area contributed by atoms with Crippen LogP contribution in [0.3, 0.4) is 0 Å². The summed E-state index contributed by atoms with van der Waals surface area (Å²) in [5, 5.41) is 17.1. The zero-order chi connectivity index (χ0) is 55.7. The predicted octanol–water partition coefficient (Wildman–Crippen LogP) is 10.1. The van der Waals surface area contributed by atoms with Crippen molar-refractivity contribution in [2.75, 3.05) is 6.61 Å². The van der Waals surface area contributed by atoms with Crippen molar-refractivity contribution in [3.63, 3.8) is 0 Å². The minimum absolute atomic E-state index is 0.0976. The van der Waals surface area contributed by atoms with Crippen LogP contribution < -0.4 is 5.32 Å². The van der Waals surface area contributed by atoms with Crippen molar-refractivity contribution in [3.8, 4) is 0 Å². The molecule has 2 aromatic carbocycles. The van der Waals surface area contributed by atoms with E-state index in [-0.39, 0.29) is 36.5 Å². The van der Waals surface area contributed by atoms with Crippen molar-refractivity contribution in [3.05, 3.63) is 82.9 Å². The third kappa shape index (κ3) is 11.3. The molecule has 2 aromatic rings. The highest BCUT2D eigenvalue weighted by molar-refractivity contribution is 6.74. The van der Waals surface area contributed by atoms with Gasteiger partial charge in [0.2, 0.25) is 5.91 Å². The lowest BCUT2D eigenvalue weighted by Gasteiger charge is -2.68. The molecule has 1 heterocycles. The second-order valence-electron chi connectivity index (χ2n) is 23.7. The van der Waals surface area contributed by atoms with E-state index in [2.05, 4.69) is 33.0 Å². The Labute approximate surface area is 447 Å². The number of ketones is 1. The minimum Gasteiger partial charge on any atom is -0.456 e. The molecule has 1 aliphatic heterocycles. The monoisotopic (exact) mass is 1080 g/mol. The highest BCUT2D eigenvalue weighted by Gasteiger charge is 2.79. The Morgan fingerprint density at radius 2 is 1.45 bits per heavy atom. The molecule has 1 amide bonds. The van der Waals surface area contributed by atoms with Gasteiger partial charge in [0.25, 0.3) is 0 Å². The van der Waals surface area contributed by atoms with Crippen LogP contribution in [0.15, 0.2) is 71.8 Å². The van der Waals surface area contributed by atoms with Crippen LogP contribution in [0, 0.1) is 16.7 Å². The first-order valence-corrected chi connectivity index (χ1v) is 32.6. The number of amides is 1. The van der Waals surface area contributed by atoms with Gasteiger partial charge in [-0.1, -0.05) is 124 Å². The number of aliphatic hydroxyl groups is 1. The lowest BCUT2D eigenvalue weighted by atomic mass is 9.44. The number of fused-ring (bicyclic) bond motifs is 5. The van der Waals surface area contributed by atoms with E-state index in [1.165, 1.54) is 13.8 Å². The fourth-order valence-corrected chi connectivity index (χ4v) is 16.4. The first-order chi connectivity index (χ1) is 35.0. The lowest BCUT2D eigenvalue weighted by Crippen LogP contribution is -2.82. The quantitative estimate of drug-likeness (QED) is 0.0417. The maximum atomic E-state index is 16.6. The molecule has 6 rings (SSSR count). The van der Waals surface area contributed by atoms with Crippen LogP contribution in [0.25, 0.3) is 0 Å². The molecule has 3 aliphatic carbocycles. The van der Waals surface area contributed by atoms with Crippen molar-refractivity contribution in [1.29, 1.82) is 0 Å². The number of esters is 4. The smallest absolute Gasteiger partial charge is 0.338 e. The Morgan fingerprint density at radius 3 is 1.97 bits per heavy atom. The zero-order valence-corrected chi connectivity index (χ0v) is 49.2. The maximum Gasteiger partial charge on any atom is 0.338 e. The second-order valence-corrected chi connectivity index (χ2v) is 33.2. The largest absolute Gasteiger partial charge is 0.456 e. The number of rotatable bonds is 20. The molecule has 0 aromatic heterocycles. The van der Waals surface area contributed by atoms with E-state index in [4.69, 9.17) is 32.5 Å². The van der Waals surface area contributed by atoms with Crippen LogP contribution >= 0.6 is 0 Å². The fraction of sp³-hybridized carbons (Fsp3) is 0.655. The molecule has 0 spiro atoms. The van der Waals surface area contributed by atoms with Crippen molar-refractivity contribution in [1.82, 2.24) is 5.32 Å². The molecule has 4 aliphatic rings. The van der Waals surface area contributed by atoms with Crippen LogP contribution in [0.2, 0.25) is 36.3 Å². The van der Waals surface area contributed by atoms with Gasteiger partial charge in [0.05, 0.1) is 35.6 Å². The number of Topliss-reactive ketones (excluding diaryl/α,β-unsaturated/α-hetero) is 1. The molecule has 2 bridgehead atoms. The minimum atomic E-state index is -2.89. The van der Waals surface area contributed by atoms with Crippen molar-refractivity contribution < 1.29 is 66.4 Å². The first kappa shape index (κ1) is 59.7. The van der Waals surface area contributed by atoms with Gasteiger partial charge in [-0.3, -0.25) is 19.2 Å². The number of unbranched alkanes of at least 4 members (excludes halogenated alkanes) is 2. The number of hydrogen-bond donors (Lipinski definition) is 2. The Balaban J connectivity index is 1.64. The number of benzene rings is 2. The van der Waals surface area contributed by atoms with Gasteiger partial charge < -0.3 is 43.0 Å². The van der Waals surface area contributed by atoms with Crippen molar-refractivity contribution in [2.45, 2.75) is 219 Å². The second kappa shape index (κ2) is 22.8. The summed E-state index contributed by atoms with van der Waals surface area (Å²) in [7, 11) is -5.53. The van der Waals surface area contributed by atoms with E-state index in [0.29, 0.717) is 35.7 Å². The van der Waals surface area contributed by atoms with Crippen LogP contribution in [0.4, 0.5) is 0 Å². The number of nitrogens with one attached hydrogen (secondary N) is 1. The summed E-state index contributed by atoms with van der Waals surface area (Å²) in [6.07, 6.45) is -5.79. The molecule has 15 nitrogen and oxygen atoms in total. The summed E-state index contributed by atoms with van der Waals surface area (Å²) in [6, 6.07) is 18.4. The van der Waals surface area contributed by atoms with Gasteiger partial charge in [0.15, 0.2) is 40.2 Å². The van der Waals surface area contributed by atoms with Crippen LogP contribution in [-0.2, 0) is 56.5 Å². The SMILES string of the molecule is CCCCCC(=O)N[C@@H](c1ccccc1)[C@@H](O[Si](C)(C)C(C)(C)C)C(=O)O[C@H]1C[C@@]2(O)[C@@H](OC(=O)c3ccccc3)[C@H]3[C@](C)(C(=O)[C@H](OC(C)=O)C(=C1C)C2(C)C)[C@@H](O[Si](CC)(CC)CC)CC1OC[C@]13OC(C)=O. The van der Waals surface area contributed by atoms with Gasteiger partial charge >= 0.3 is 23.9 Å². The number of hydrogen-bond acceptors (Lipinski definition) is 14. The van der Waals surface area contributed by atoms with Crippen LogP contribution in [0.1, 0.15) is 150 Å². The average Bonchev–Trinajstić information content (AvgIpc) is 3.34. The van der Waals surface area contributed by atoms with E-state index in [1.807, 2.05) is 64.2 Å². The van der Waals surface area contributed by atoms with Crippen LogP contribution in [0.5, 0.6) is 0 Å². The Morgan fingerprint density at radius 1 is 0.853 bits per heavy atom. The summed E-state index contributed by atoms with van der Waals surface area (Å²) in [5.74, 6) is -5.49. The molecule has 1 saturated heterocycles. The standard InChI is InChI=1S/C58H85NO14Si2/c1-16-20-23-32-44(62)59-46(39-28-24-21-25-29-39)48(73-74(14,15)54(8,9)10)53(65)69-41-34-58(66)51(70-52(64)40-30-26-22-27-31-40)49-56(13,50(63)47(68-37(6)60)45(36(41)5)55(58,11)12)42(72-75(17-2,18-3)19-4)33-43-57(49,35-67-43)71-38(7)61/h21-22,24-31,41-43,46-49,51,66H,16-20,23,32-35H2,1-15H3,(H,59,62)/t41-,42-,43?,46-,47+,48+,49-,51-,56+,57-,58+/m0/s1. The molecule has 0 radical (unpaired) electrons. The number of ether oxygens (including phenoxy) is 5. The molecular weight excluding hydrogens is 991 g/mol. The maximum absolute atomic E-state index is 16.6. The van der Waals surface area contributed by atoms with E-state index in [1.54, 1.807) is 58.0 Å². The molecule has 2 N–H and O–H groups in total. The number of carbonyl (C=O) groups excluding carboxylic acids is 6. The molecule has 414 valence electrons. The summed E-state index contributed by atoms with van der Waals surface area (Å²) >= 11 is 0. The Hall–Kier alpha value is -4.53. The summed E-state index contributed by atoms with van der Waals surface area (Å²) in [5.41, 5.74) is -6.20. The molecule has 75 heavy (non-hydrogen) atoms. The molecule has 17 heteroatoms. The molecule has 11 atom stereocenters. The van der Waals surface area contributed by atoms with E-state index >= 15 is 9.59 Å². The lowest BCUT2D eigenvalue weighted by molar-refractivity contribution is -0.344. The average molecular weight is 1080 g/mol. The predicted molar refractivity (Wildman–Crippen MR) is 288 cm³/mol. The molecule has 2 saturated carbocycles. The molecule has 3 fully saturated rings. The Kier molecular flexibility index (Phi) is 18.2. The Bertz CT molecular complexity index is 2440. The zero-order valence-electron chi connectivity index (χ0n) is 47.2. The summed E-state index contributed by atoms with van der Waals surface area (Å²) in [4.78, 5) is 88.1. The van der Waals surface area contributed by atoms with E-state index in [9.17, 15) is 24.3 Å². The van der Waals surface area contributed by atoms with Crippen LogP contribution in [-0.4, -0.2) is 112 Å². The normalized spacial score (nSPS) is 29.2. The van der Waals surface area contributed by atoms with Gasteiger partial charge in [0, 0.05) is 38.5 Å². The van der Waals surface area contributed by atoms with Crippen molar-refractivity contribution >= 4 is 52.2 Å². The van der Waals surface area contributed by atoms with Gasteiger partial charge in [-0.2, -0.15) is 0 Å². The third-order valence-electron chi connectivity index (χ3n) is 18.0. The summed E-state index contributed by atoms with van der Waals surface area (Å²) in [6.45, 7) is 27.3. The highest BCUT2D eigenvalue weighted by Crippen LogP contribution is 2.65. The van der Waals surface area contributed by atoms with E-state index < -0.39 is 128 Å². The number of carbonyl (C=O) groups is 6. The summed E-state index contributed by atoms with van der Waals surface area (Å²) < 4.78 is 47.0. The van der Waals surface area contributed by atoms with Gasteiger partial charge in [0.1, 0.15) is 23.9 Å². The van der Waals surface area contributed by atoms with Gasteiger partial charge in [-0.05, 0) is 85.4 Å². The highest BCUT2D eigenvalue weighted by atomic mass is 28.4.